The number of benzene rings is 2. The van der Waals surface area contributed by atoms with Crippen molar-refractivity contribution in [3.63, 3.8) is 0 Å². The van der Waals surface area contributed by atoms with E-state index < -0.39 is 0 Å². The molecule has 1 fully saturated rings. The van der Waals surface area contributed by atoms with E-state index in [1.165, 1.54) is 48.7 Å². The van der Waals surface area contributed by atoms with Gasteiger partial charge < -0.3 is 14.7 Å². The van der Waals surface area contributed by atoms with Gasteiger partial charge in [-0.25, -0.2) is 4.39 Å². The number of fused-ring (bicyclic) bond motifs is 2. The van der Waals surface area contributed by atoms with Crippen LogP contribution < -0.4 is 0 Å². The van der Waals surface area contributed by atoms with Gasteiger partial charge in [0.1, 0.15) is 5.82 Å². The zero-order chi connectivity index (χ0) is 20.6. The summed E-state index contributed by atoms with van der Waals surface area (Å²) >= 11 is 0. The number of halogens is 1. The lowest BCUT2D eigenvalue weighted by Gasteiger charge is -2.28. The van der Waals surface area contributed by atoms with Gasteiger partial charge in [-0.3, -0.25) is 0 Å². The van der Waals surface area contributed by atoms with Crippen molar-refractivity contribution in [1.29, 1.82) is 0 Å². The minimum atomic E-state index is -0.174. The molecule has 2 aromatic carbocycles. The summed E-state index contributed by atoms with van der Waals surface area (Å²) in [6.07, 6.45) is 5.01. The fourth-order valence-corrected chi connectivity index (χ4v) is 4.51. The largest absolute Gasteiger partial charge is 0.396 e. The maximum absolute atomic E-state index is 13.4. The van der Waals surface area contributed by atoms with Gasteiger partial charge in [0.15, 0.2) is 0 Å². The maximum atomic E-state index is 13.4. The number of rotatable bonds is 4. The lowest BCUT2D eigenvalue weighted by molar-refractivity contribution is 0.109. The predicted molar refractivity (Wildman–Crippen MR) is 116 cm³/mol. The molecule has 0 radical (unpaired) electrons. The highest BCUT2D eigenvalue weighted by atomic mass is 19.1. The molecule has 0 aromatic heterocycles. The van der Waals surface area contributed by atoms with Gasteiger partial charge in [0.2, 0.25) is 0 Å². The molecular formula is C25H34FNO2. The van der Waals surface area contributed by atoms with Gasteiger partial charge in [-0.15, -0.1) is 0 Å². The Hall–Kier alpha value is -1.75. The Bertz CT molecular complexity index is 771. The van der Waals surface area contributed by atoms with Gasteiger partial charge in [0, 0.05) is 20.3 Å². The summed E-state index contributed by atoms with van der Waals surface area (Å²) in [6.45, 7) is 3.61. The third-order valence-corrected chi connectivity index (χ3v) is 6.23. The molecule has 4 heteroatoms. The van der Waals surface area contributed by atoms with E-state index in [0.717, 1.165) is 37.4 Å². The number of likely N-dealkylation sites (tertiary alicyclic amines) is 1. The van der Waals surface area contributed by atoms with Crippen LogP contribution in [0.15, 0.2) is 42.5 Å². The molecule has 1 N–H and O–H groups in total. The summed E-state index contributed by atoms with van der Waals surface area (Å²) in [4.78, 5) is 2.38. The Kier molecular flexibility index (Phi) is 8.22. The lowest BCUT2D eigenvalue weighted by Crippen LogP contribution is -2.31. The van der Waals surface area contributed by atoms with E-state index in [1.54, 1.807) is 13.2 Å². The smallest absolute Gasteiger partial charge is 0.123 e. The molecule has 0 spiro atoms. The van der Waals surface area contributed by atoms with E-state index in [0.29, 0.717) is 0 Å². The van der Waals surface area contributed by atoms with Gasteiger partial charge in [0.05, 0.1) is 0 Å². The van der Waals surface area contributed by atoms with E-state index in [4.69, 9.17) is 4.74 Å². The minimum absolute atomic E-state index is 0.170. The highest BCUT2D eigenvalue weighted by molar-refractivity contribution is 5.42. The number of aliphatic hydroxyl groups is 1. The number of ether oxygens (including phenoxy) is 1. The van der Waals surface area contributed by atoms with Crippen molar-refractivity contribution in [3.05, 3.63) is 70.5 Å². The third kappa shape index (κ3) is 6.11. The van der Waals surface area contributed by atoms with Crippen LogP contribution in [0.25, 0.3) is 0 Å². The molecule has 3 nitrogen and oxygen atoms in total. The second-order valence-electron chi connectivity index (χ2n) is 8.40. The molecule has 0 saturated carbocycles. The van der Waals surface area contributed by atoms with Crippen LogP contribution in [0.4, 0.5) is 4.39 Å². The first-order valence-electron chi connectivity index (χ1n) is 10.7. The molecule has 2 aliphatic rings. The maximum Gasteiger partial charge on any atom is 0.123 e. The summed E-state index contributed by atoms with van der Waals surface area (Å²) in [5, 5.41) is 9.26. The van der Waals surface area contributed by atoms with Crippen molar-refractivity contribution in [1.82, 2.24) is 4.90 Å². The van der Waals surface area contributed by atoms with Gasteiger partial charge >= 0.3 is 0 Å². The zero-order valence-electron chi connectivity index (χ0n) is 17.7. The topological polar surface area (TPSA) is 32.7 Å². The van der Waals surface area contributed by atoms with Crippen molar-refractivity contribution in [2.45, 2.75) is 38.0 Å². The second kappa shape index (κ2) is 10.9. The highest BCUT2D eigenvalue weighted by Crippen LogP contribution is 2.34. The molecule has 0 bridgehead atoms. The molecule has 0 unspecified atom stereocenters. The van der Waals surface area contributed by atoms with E-state index in [2.05, 4.69) is 24.1 Å². The Morgan fingerprint density at radius 3 is 2.55 bits per heavy atom. The predicted octanol–water partition coefficient (Wildman–Crippen LogP) is 4.41. The van der Waals surface area contributed by atoms with Crippen molar-refractivity contribution in [2.24, 2.45) is 5.92 Å². The lowest BCUT2D eigenvalue weighted by atomic mass is 9.89. The fourth-order valence-electron chi connectivity index (χ4n) is 4.51. The first-order valence-corrected chi connectivity index (χ1v) is 10.7. The SMILES string of the molecule is COCC1CCN(C)CC1.OCC[C@H]1Cc2cc(F)ccc2Cc2ccccc21. The van der Waals surface area contributed by atoms with E-state index >= 15 is 0 Å². The summed E-state index contributed by atoms with van der Waals surface area (Å²) in [7, 11) is 3.97. The molecule has 2 aromatic rings. The second-order valence-corrected chi connectivity index (χ2v) is 8.40. The summed E-state index contributed by atoms with van der Waals surface area (Å²) in [5.74, 6) is 0.929. The number of hydrogen-bond donors (Lipinski definition) is 1. The number of nitrogens with zero attached hydrogens (tertiary/aromatic N) is 1. The minimum Gasteiger partial charge on any atom is -0.396 e. The molecule has 1 saturated heterocycles. The van der Waals surface area contributed by atoms with Gasteiger partial charge in [-0.05, 0) is 98.5 Å². The molecule has 1 atom stereocenters. The van der Waals surface area contributed by atoms with Crippen LogP contribution >= 0.6 is 0 Å². The first-order chi connectivity index (χ1) is 14.1. The van der Waals surface area contributed by atoms with Crippen molar-refractivity contribution < 1.29 is 14.2 Å². The Labute approximate surface area is 174 Å². The summed E-state index contributed by atoms with van der Waals surface area (Å²) in [6, 6.07) is 13.4. The third-order valence-electron chi connectivity index (χ3n) is 6.23. The number of hydrogen-bond acceptors (Lipinski definition) is 3. The van der Waals surface area contributed by atoms with Crippen LogP contribution in [-0.2, 0) is 17.6 Å². The average Bonchev–Trinajstić information content (AvgIpc) is 2.87. The molecular weight excluding hydrogens is 365 g/mol. The van der Waals surface area contributed by atoms with E-state index in [1.807, 2.05) is 18.2 Å². The van der Waals surface area contributed by atoms with Gasteiger partial charge in [0.25, 0.3) is 0 Å². The summed E-state index contributed by atoms with van der Waals surface area (Å²) < 4.78 is 18.5. The summed E-state index contributed by atoms with van der Waals surface area (Å²) in [5.41, 5.74) is 4.88. The number of methoxy groups -OCH3 is 1. The Morgan fingerprint density at radius 2 is 1.83 bits per heavy atom. The standard InChI is InChI=1S/C17H17FO.C8H17NO/c18-16-6-5-12-9-13-3-1-2-4-17(13)14(7-8-19)10-15(12)11-16;1-9-5-3-8(4-6-9)7-10-2/h1-6,11,14,19H,7-10H2;8H,3-7H2,1-2H3/t14-;/m0./s1. The Balaban J connectivity index is 0.000000204. The molecule has 4 rings (SSSR count). The van der Waals surface area contributed by atoms with E-state index in [-0.39, 0.29) is 18.3 Å². The molecule has 1 heterocycles. The van der Waals surface area contributed by atoms with E-state index in [9.17, 15) is 9.50 Å². The highest BCUT2D eigenvalue weighted by Gasteiger charge is 2.21. The first kappa shape index (κ1) is 21.9. The van der Waals surface area contributed by atoms with Crippen molar-refractivity contribution >= 4 is 0 Å². The molecule has 1 aliphatic heterocycles. The van der Waals surface area contributed by atoms with Crippen molar-refractivity contribution in [3.8, 4) is 0 Å². The fraction of sp³-hybridized carbons (Fsp3) is 0.520. The molecule has 29 heavy (non-hydrogen) atoms. The van der Waals surface area contributed by atoms with Crippen LogP contribution in [0, 0.1) is 11.7 Å². The van der Waals surface area contributed by atoms with Crippen molar-refractivity contribution in [2.75, 3.05) is 40.5 Å². The molecule has 0 amide bonds. The van der Waals surface area contributed by atoms with Crippen LogP contribution in [-0.4, -0.2) is 50.5 Å². The quantitative estimate of drug-likeness (QED) is 0.826. The van der Waals surface area contributed by atoms with Gasteiger partial charge in [-0.2, -0.15) is 0 Å². The monoisotopic (exact) mass is 399 g/mol. The number of piperidine rings is 1. The average molecular weight is 400 g/mol. The van der Waals surface area contributed by atoms with Crippen LogP contribution in [0.1, 0.15) is 47.4 Å². The van der Waals surface area contributed by atoms with Crippen LogP contribution in [0.3, 0.4) is 0 Å². The normalized spacial score (nSPS) is 19.5. The van der Waals surface area contributed by atoms with Crippen LogP contribution in [0.2, 0.25) is 0 Å². The molecule has 1 aliphatic carbocycles. The zero-order valence-corrected chi connectivity index (χ0v) is 17.7. The van der Waals surface area contributed by atoms with Crippen LogP contribution in [0.5, 0.6) is 0 Å². The van der Waals surface area contributed by atoms with Gasteiger partial charge in [-0.1, -0.05) is 30.3 Å². The molecule has 158 valence electrons. The Morgan fingerprint density at radius 1 is 1.07 bits per heavy atom. The number of aliphatic hydroxyl groups excluding tert-OH is 1.